The summed E-state index contributed by atoms with van der Waals surface area (Å²) in [7, 11) is 0. The molecule has 0 atom stereocenters. The maximum absolute atomic E-state index is 10.2. The van der Waals surface area contributed by atoms with Crippen LogP contribution >= 0.6 is 11.6 Å². The monoisotopic (exact) mass is 174 g/mol. The average Bonchev–Trinajstić information content (AvgIpc) is 2.10. The van der Waals surface area contributed by atoms with Crippen LogP contribution in [-0.2, 0) is 11.3 Å². The number of hydrogen-bond donors (Lipinski definition) is 1. The molecule has 1 aromatic heterocycles. The number of aryl methyl sites for hydroxylation is 1. The maximum Gasteiger partial charge on any atom is 0.325 e. The van der Waals surface area contributed by atoms with Crippen LogP contribution in [0.3, 0.4) is 0 Å². The Balaban J connectivity index is 2.81. The van der Waals surface area contributed by atoms with Crippen LogP contribution in [0, 0.1) is 6.92 Å². The number of aliphatic carboxylic acids is 1. The number of nitrogens with zero attached hydrogens (tertiary/aromatic N) is 2. The van der Waals surface area contributed by atoms with Crippen molar-refractivity contribution in [1.82, 2.24) is 9.78 Å². The molecule has 0 aliphatic rings. The van der Waals surface area contributed by atoms with Gasteiger partial charge in [-0.15, -0.1) is 0 Å². The Bertz CT molecular complexity index is 263. The van der Waals surface area contributed by atoms with Crippen LogP contribution in [0.15, 0.2) is 6.20 Å². The van der Waals surface area contributed by atoms with Gasteiger partial charge in [0.1, 0.15) is 6.54 Å². The molecule has 0 unspecified atom stereocenters. The average molecular weight is 175 g/mol. The highest BCUT2D eigenvalue weighted by atomic mass is 35.5. The van der Waals surface area contributed by atoms with Crippen molar-refractivity contribution in [3.05, 3.63) is 16.9 Å². The minimum atomic E-state index is -0.927. The molecule has 0 amide bonds. The lowest BCUT2D eigenvalue weighted by atomic mass is 10.5. The van der Waals surface area contributed by atoms with Crippen molar-refractivity contribution in [2.45, 2.75) is 13.5 Å². The lowest BCUT2D eigenvalue weighted by Gasteiger charge is -1.92. The number of carbonyl (C=O) groups is 1. The molecule has 0 radical (unpaired) electrons. The first-order valence-electron chi connectivity index (χ1n) is 3.01. The minimum Gasteiger partial charge on any atom is -0.480 e. The van der Waals surface area contributed by atoms with Crippen LogP contribution in [0.2, 0.25) is 5.02 Å². The zero-order valence-corrected chi connectivity index (χ0v) is 6.67. The fraction of sp³-hybridized carbons (Fsp3) is 0.333. The molecule has 60 valence electrons. The van der Waals surface area contributed by atoms with E-state index in [1.54, 1.807) is 6.92 Å². The predicted octanol–water partition coefficient (Wildman–Crippen LogP) is 0.930. The summed E-state index contributed by atoms with van der Waals surface area (Å²) in [5, 5.41) is 12.7. The summed E-state index contributed by atoms with van der Waals surface area (Å²) < 4.78 is 1.29. The second kappa shape index (κ2) is 2.92. The van der Waals surface area contributed by atoms with Crippen LogP contribution in [0.1, 0.15) is 5.69 Å². The molecule has 0 aromatic carbocycles. The van der Waals surface area contributed by atoms with Crippen molar-refractivity contribution in [2.24, 2.45) is 0 Å². The molecule has 0 aliphatic heterocycles. The largest absolute Gasteiger partial charge is 0.480 e. The van der Waals surface area contributed by atoms with Gasteiger partial charge in [0.05, 0.1) is 10.7 Å². The molecule has 0 saturated heterocycles. The minimum absolute atomic E-state index is 0.145. The zero-order valence-electron chi connectivity index (χ0n) is 5.91. The molecule has 4 nitrogen and oxygen atoms in total. The third-order valence-corrected chi connectivity index (χ3v) is 1.55. The molecular weight excluding hydrogens is 168 g/mol. The molecule has 1 aromatic rings. The van der Waals surface area contributed by atoms with Crippen LogP contribution in [0.4, 0.5) is 0 Å². The summed E-state index contributed by atoms with van der Waals surface area (Å²) in [5.74, 6) is -0.927. The van der Waals surface area contributed by atoms with Crippen molar-refractivity contribution in [1.29, 1.82) is 0 Å². The summed E-state index contributed by atoms with van der Waals surface area (Å²) in [5.41, 5.74) is 0.646. The molecule has 0 spiro atoms. The standard InChI is InChI=1S/C6H7ClN2O2/c1-4-5(7)2-9(8-4)3-6(10)11/h2H,3H2,1H3,(H,10,11). The normalized spacial score (nSPS) is 10.0. The van der Waals surface area contributed by atoms with Crippen LogP contribution in [0.25, 0.3) is 0 Å². The van der Waals surface area contributed by atoms with Gasteiger partial charge >= 0.3 is 5.97 Å². The van der Waals surface area contributed by atoms with E-state index in [4.69, 9.17) is 16.7 Å². The lowest BCUT2D eigenvalue weighted by molar-refractivity contribution is -0.137. The number of hydrogen-bond acceptors (Lipinski definition) is 2. The van der Waals surface area contributed by atoms with Gasteiger partial charge in [0.15, 0.2) is 0 Å². The highest BCUT2D eigenvalue weighted by Gasteiger charge is 2.03. The number of aromatic nitrogens is 2. The van der Waals surface area contributed by atoms with E-state index in [0.29, 0.717) is 10.7 Å². The lowest BCUT2D eigenvalue weighted by Crippen LogP contribution is -2.08. The summed E-state index contributed by atoms with van der Waals surface area (Å²) in [6, 6.07) is 0. The van der Waals surface area contributed by atoms with Crippen LogP contribution in [0.5, 0.6) is 0 Å². The fourth-order valence-electron chi connectivity index (χ4n) is 0.713. The highest BCUT2D eigenvalue weighted by Crippen LogP contribution is 2.11. The van der Waals surface area contributed by atoms with Gasteiger partial charge in [-0.2, -0.15) is 5.10 Å². The Labute approximate surface area is 68.4 Å². The fourth-order valence-corrected chi connectivity index (χ4v) is 0.864. The van der Waals surface area contributed by atoms with E-state index in [1.807, 2.05) is 0 Å². The second-order valence-electron chi connectivity index (χ2n) is 2.15. The summed E-state index contributed by atoms with van der Waals surface area (Å²) in [6.45, 7) is 1.58. The van der Waals surface area contributed by atoms with E-state index in [9.17, 15) is 4.79 Å². The van der Waals surface area contributed by atoms with Gasteiger partial charge in [-0.1, -0.05) is 11.6 Å². The maximum atomic E-state index is 10.2. The van der Waals surface area contributed by atoms with Gasteiger partial charge in [-0.25, -0.2) is 0 Å². The smallest absolute Gasteiger partial charge is 0.325 e. The van der Waals surface area contributed by atoms with Crippen LogP contribution < -0.4 is 0 Å². The Morgan fingerprint density at radius 2 is 2.55 bits per heavy atom. The highest BCUT2D eigenvalue weighted by molar-refractivity contribution is 6.31. The Morgan fingerprint density at radius 1 is 1.91 bits per heavy atom. The number of rotatable bonds is 2. The molecule has 0 aliphatic carbocycles. The van der Waals surface area contributed by atoms with Crippen LogP contribution in [-0.4, -0.2) is 20.9 Å². The van der Waals surface area contributed by atoms with Gasteiger partial charge in [-0.05, 0) is 6.92 Å². The van der Waals surface area contributed by atoms with Gasteiger partial charge < -0.3 is 5.11 Å². The van der Waals surface area contributed by atoms with Gasteiger partial charge in [0.25, 0.3) is 0 Å². The molecule has 0 fully saturated rings. The summed E-state index contributed by atoms with van der Waals surface area (Å²) in [6.07, 6.45) is 1.49. The third kappa shape index (κ3) is 1.94. The van der Waals surface area contributed by atoms with Crippen molar-refractivity contribution >= 4 is 17.6 Å². The number of carboxylic acids is 1. The topological polar surface area (TPSA) is 55.1 Å². The van der Waals surface area contributed by atoms with Gasteiger partial charge in [0, 0.05) is 6.20 Å². The van der Waals surface area contributed by atoms with Gasteiger partial charge in [0.2, 0.25) is 0 Å². The van der Waals surface area contributed by atoms with Crippen molar-refractivity contribution < 1.29 is 9.90 Å². The number of carboxylic acid groups (broad SMARTS) is 1. The van der Waals surface area contributed by atoms with Crippen molar-refractivity contribution in [3.63, 3.8) is 0 Å². The van der Waals surface area contributed by atoms with E-state index in [0.717, 1.165) is 0 Å². The summed E-state index contributed by atoms with van der Waals surface area (Å²) in [4.78, 5) is 10.2. The summed E-state index contributed by atoms with van der Waals surface area (Å²) >= 11 is 5.64. The van der Waals surface area contributed by atoms with Crippen molar-refractivity contribution in [3.8, 4) is 0 Å². The van der Waals surface area contributed by atoms with Gasteiger partial charge in [-0.3, -0.25) is 9.48 Å². The molecule has 0 saturated carbocycles. The molecule has 0 bridgehead atoms. The van der Waals surface area contributed by atoms with E-state index in [1.165, 1.54) is 10.9 Å². The molecule has 1 heterocycles. The molecule has 11 heavy (non-hydrogen) atoms. The molecule has 1 rings (SSSR count). The molecule has 5 heteroatoms. The Kier molecular flexibility index (Phi) is 2.14. The van der Waals surface area contributed by atoms with E-state index < -0.39 is 5.97 Å². The second-order valence-corrected chi connectivity index (χ2v) is 2.56. The van der Waals surface area contributed by atoms with Crippen molar-refractivity contribution in [2.75, 3.05) is 0 Å². The quantitative estimate of drug-likeness (QED) is 0.726. The zero-order chi connectivity index (χ0) is 8.43. The predicted molar refractivity (Wildman–Crippen MR) is 39.6 cm³/mol. The first-order valence-corrected chi connectivity index (χ1v) is 3.38. The molecular formula is C6H7ClN2O2. The SMILES string of the molecule is Cc1nn(CC(=O)O)cc1Cl. The van der Waals surface area contributed by atoms with E-state index in [-0.39, 0.29) is 6.54 Å². The first kappa shape index (κ1) is 8.07. The van der Waals surface area contributed by atoms with E-state index >= 15 is 0 Å². The number of halogens is 1. The Hall–Kier alpha value is -1.03. The first-order chi connectivity index (χ1) is 5.09. The van der Waals surface area contributed by atoms with E-state index in [2.05, 4.69) is 5.10 Å². The molecule has 1 N–H and O–H groups in total. The third-order valence-electron chi connectivity index (χ3n) is 1.18. The Morgan fingerprint density at radius 3 is 2.91 bits per heavy atom.